The van der Waals surface area contributed by atoms with Gasteiger partial charge in [0.1, 0.15) is 11.8 Å². The Morgan fingerprint density at radius 1 is 1.47 bits per heavy atom. The maximum Gasteiger partial charge on any atom is 0.248 e. The van der Waals surface area contributed by atoms with Crippen molar-refractivity contribution in [3.05, 3.63) is 23.8 Å². The topological polar surface area (TPSA) is 55.6 Å². The number of nitrogens with two attached hydrogens (primary N) is 1. The van der Waals surface area contributed by atoms with E-state index in [4.69, 9.17) is 10.5 Å². The standard InChI is InChI=1S/C13H18N2O2/c1-8(2)7-15-11-5-4-9(17-3)6-10(11)12(14)13(15)16/h4-6,8,12H,7,14H2,1-3H3. The van der Waals surface area contributed by atoms with E-state index in [0.29, 0.717) is 12.5 Å². The molecule has 4 heteroatoms. The molecule has 1 aliphatic heterocycles. The first-order valence-corrected chi connectivity index (χ1v) is 5.79. The molecule has 1 atom stereocenters. The number of carbonyl (C=O) groups is 1. The van der Waals surface area contributed by atoms with Crippen LogP contribution in [0, 0.1) is 5.92 Å². The Morgan fingerprint density at radius 2 is 2.18 bits per heavy atom. The second kappa shape index (κ2) is 4.37. The third kappa shape index (κ3) is 2.00. The highest BCUT2D eigenvalue weighted by Crippen LogP contribution is 2.37. The Morgan fingerprint density at radius 3 is 2.76 bits per heavy atom. The highest BCUT2D eigenvalue weighted by Gasteiger charge is 2.35. The van der Waals surface area contributed by atoms with Crippen LogP contribution in [0.3, 0.4) is 0 Å². The molecule has 92 valence electrons. The number of carbonyl (C=O) groups excluding carboxylic acids is 1. The lowest BCUT2D eigenvalue weighted by molar-refractivity contribution is -0.119. The summed E-state index contributed by atoms with van der Waals surface area (Å²) < 4.78 is 5.15. The number of nitrogens with zero attached hydrogens (tertiary/aromatic N) is 1. The van der Waals surface area contributed by atoms with Crippen molar-refractivity contribution in [2.45, 2.75) is 19.9 Å². The van der Waals surface area contributed by atoms with Crippen LogP contribution in [0.15, 0.2) is 18.2 Å². The smallest absolute Gasteiger partial charge is 0.248 e. The van der Waals surface area contributed by atoms with Crippen LogP contribution in [0.4, 0.5) is 5.69 Å². The van der Waals surface area contributed by atoms with E-state index in [2.05, 4.69) is 13.8 Å². The van der Waals surface area contributed by atoms with Crippen molar-refractivity contribution in [3.63, 3.8) is 0 Å². The molecule has 4 nitrogen and oxygen atoms in total. The molecule has 0 saturated heterocycles. The van der Waals surface area contributed by atoms with Gasteiger partial charge in [-0.25, -0.2) is 0 Å². The number of amides is 1. The van der Waals surface area contributed by atoms with Gasteiger partial charge in [-0.15, -0.1) is 0 Å². The number of rotatable bonds is 3. The van der Waals surface area contributed by atoms with Gasteiger partial charge in [-0.1, -0.05) is 13.8 Å². The van der Waals surface area contributed by atoms with E-state index in [9.17, 15) is 4.79 Å². The predicted molar refractivity (Wildman–Crippen MR) is 67.1 cm³/mol. The number of fused-ring (bicyclic) bond motifs is 1. The Bertz CT molecular complexity index is 443. The van der Waals surface area contributed by atoms with Gasteiger partial charge in [0, 0.05) is 17.8 Å². The Hall–Kier alpha value is -1.55. The highest BCUT2D eigenvalue weighted by atomic mass is 16.5. The number of anilines is 1. The summed E-state index contributed by atoms with van der Waals surface area (Å²) >= 11 is 0. The predicted octanol–water partition coefficient (Wildman–Crippen LogP) is 1.70. The van der Waals surface area contributed by atoms with Crippen molar-refractivity contribution in [2.75, 3.05) is 18.6 Å². The van der Waals surface area contributed by atoms with Gasteiger partial charge < -0.3 is 15.4 Å². The molecule has 0 bridgehead atoms. The lowest BCUT2D eigenvalue weighted by atomic mass is 10.1. The van der Waals surface area contributed by atoms with Crippen LogP contribution in [0.5, 0.6) is 5.75 Å². The average molecular weight is 234 g/mol. The van der Waals surface area contributed by atoms with E-state index < -0.39 is 6.04 Å². The number of ether oxygens (including phenoxy) is 1. The van der Waals surface area contributed by atoms with Gasteiger partial charge in [0.15, 0.2) is 0 Å². The lowest BCUT2D eigenvalue weighted by Gasteiger charge is -2.19. The first-order chi connectivity index (χ1) is 8.04. The molecule has 1 aliphatic rings. The van der Waals surface area contributed by atoms with E-state index in [1.807, 2.05) is 18.2 Å². The van der Waals surface area contributed by atoms with Crippen molar-refractivity contribution in [2.24, 2.45) is 11.7 Å². The average Bonchev–Trinajstić information content (AvgIpc) is 2.54. The quantitative estimate of drug-likeness (QED) is 0.866. The number of methoxy groups -OCH3 is 1. The van der Waals surface area contributed by atoms with Crippen LogP contribution < -0.4 is 15.4 Å². The molecule has 1 aromatic rings. The third-order valence-electron chi connectivity index (χ3n) is 2.94. The summed E-state index contributed by atoms with van der Waals surface area (Å²) in [6, 6.07) is 5.05. The number of benzene rings is 1. The van der Waals surface area contributed by atoms with Crippen LogP contribution in [0.2, 0.25) is 0 Å². The zero-order valence-corrected chi connectivity index (χ0v) is 10.4. The van der Waals surface area contributed by atoms with Crippen molar-refractivity contribution in [1.29, 1.82) is 0 Å². The summed E-state index contributed by atoms with van der Waals surface area (Å²) in [6.45, 7) is 4.87. The highest BCUT2D eigenvalue weighted by molar-refractivity contribution is 6.04. The maximum atomic E-state index is 12.1. The second-order valence-corrected chi connectivity index (χ2v) is 4.75. The minimum absolute atomic E-state index is 0.0260. The van der Waals surface area contributed by atoms with Crippen molar-refractivity contribution < 1.29 is 9.53 Å². The zero-order valence-electron chi connectivity index (χ0n) is 10.4. The molecule has 0 radical (unpaired) electrons. The second-order valence-electron chi connectivity index (χ2n) is 4.75. The number of hydrogen-bond acceptors (Lipinski definition) is 3. The molecule has 0 fully saturated rings. The van der Waals surface area contributed by atoms with Crippen LogP contribution in [-0.2, 0) is 4.79 Å². The normalized spacial score (nSPS) is 18.8. The zero-order chi connectivity index (χ0) is 12.6. The van der Waals surface area contributed by atoms with Crippen LogP contribution in [0.1, 0.15) is 25.5 Å². The van der Waals surface area contributed by atoms with Crippen molar-refractivity contribution in [3.8, 4) is 5.75 Å². The first-order valence-electron chi connectivity index (χ1n) is 5.79. The molecule has 1 heterocycles. The van der Waals surface area contributed by atoms with Gasteiger partial charge in [-0.05, 0) is 24.1 Å². The Labute approximate surface area is 101 Å². The van der Waals surface area contributed by atoms with E-state index >= 15 is 0 Å². The monoisotopic (exact) mass is 234 g/mol. The van der Waals surface area contributed by atoms with E-state index in [-0.39, 0.29) is 5.91 Å². The van der Waals surface area contributed by atoms with E-state index in [1.54, 1.807) is 12.0 Å². The summed E-state index contributed by atoms with van der Waals surface area (Å²) in [6.07, 6.45) is 0. The van der Waals surface area contributed by atoms with E-state index in [1.165, 1.54) is 0 Å². The summed E-state index contributed by atoms with van der Waals surface area (Å²) in [5, 5.41) is 0. The number of hydrogen-bond donors (Lipinski definition) is 1. The molecule has 0 spiro atoms. The molecule has 1 aromatic carbocycles. The molecule has 17 heavy (non-hydrogen) atoms. The van der Waals surface area contributed by atoms with Gasteiger partial charge in [0.2, 0.25) is 5.91 Å². The lowest BCUT2D eigenvalue weighted by Crippen LogP contribution is -2.34. The SMILES string of the molecule is COc1ccc2c(c1)C(N)C(=O)N2CC(C)C. The van der Waals surface area contributed by atoms with Gasteiger partial charge in [-0.3, -0.25) is 4.79 Å². The summed E-state index contributed by atoms with van der Waals surface area (Å²) in [5.74, 6) is 1.12. The molecule has 1 unspecified atom stereocenters. The minimum atomic E-state index is -0.557. The fourth-order valence-corrected chi connectivity index (χ4v) is 2.13. The minimum Gasteiger partial charge on any atom is -0.497 e. The van der Waals surface area contributed by atoms with Gasteiger partial charge in [0.25, 0.3) is 0 Å². The molecular formula is C13H18N2O2. The summed E-state index contributed by atoms with van der Waals surface area (Å²) in [7, 11) is 1.61. The van der Waals surface area contributed by atoms with Gasteiger partial charge in [0.05, 0.1) is 7.11 Å². The Balaban J connectivity index is 2.40. The summed E-state index contributed by atoms with van der Waals surface area (Å²) in [5.41, 5.74) is 7.70. The molecule has 0 aliphatic carbocycles. The fourth-order valence-electron chi connectivity index (χ4n) is 2.13. The fraction of sp³-hybridized carbons (Fsp3) is 0.462. The van der Waals surface area contributed by atoms with Crippen molar-refractivity contribution in [1.82, 2.24) is 0 Å². The van der Waals surface area contributed by atoms with Crippen LogP contribution in [-0.4, -0.2) is 19.6 Å². The molecule has 0 saturated carbocycles. The largest absolute Gasteiger partial charge is 0.497 e. The summed E-state index contributed by atoms with van der Waals surface area (Å²) in [4.78, 5) is 13.8. The molecular weight excluding hydrogens is 216 g/mol. The molecule has 1 amide bonds. The molecule has 2 N–H and O–H groups in total. The van der Waals surface area contributed by atoms with E-state index in [0.717, 1.165) is 17.0 Å². The van der Waals surface area contributed by atoms with Gasteiger partial charge in [-0.2, -0.15) is 0 Å². The third-order valence-corrected chi connectivity index (χ3v) is 2.94. The first kappa shape index (κ1) is 11.9. The molecule has 0 aromatic heterocycles. The molecule has 2 rings (SSSR count). The van der Waals surface area contributed by atoms with Crippen LogP contribution in [0.25, 0.3) is 0 Å². The maximum absolute atomic E-state index is 12.1. The Kier molecular flexibility index (Phi) is 3.07. The van der Waals surface area contributed by atoms with Gasteiger partial charge >= 0.3 is 0 Å². The van der Waals surface area contributed by atoms with Crippen molar-refractivity contribution >= 4 is 11.6 Å². The van der Waals surface area contributed by atoms with Crippen LogP contribution >= 0.6 is 0 Å².